The molecule has 0 fully saturated rings. The van der Waals surface area contributed by atoms with Crippen LogP contribution >= 0.6 is 11.8 Å². The van der Waals surface area contributed by atoms with Crippen LogP contribution in [0.3, 0.4) is 0 Å². The van der Waals surface area contributed by atoms with Gasteiger partial charge in [-0.3, -0.25) is 9.36 Å². The van der Waals surface area contributed by atoms with Crippen LogP contribution in [0.25, 0.3) is 11.4 Å². The normalized spacial score (nSPS) is 11.1. The predicted molar refractivity (Wildman–Crippen MR) is 111 cm³/mol. The van der Waals surface area contributed by atoms with Gasteiger partial charge in [0, 0.05) is 11.7 Å². The molecule has 0 aliphatic carbocycles. The van der Waals surface area contributed by atoms with Crippen LogP contribution in [0, 0.1) is 19.7 Å². The van der Waals surface area contributed by atoms with E-state index >= 15 is 0 Å². The van der Waals surface area contributed by atoms with E-state index in [-0.39, 0.29) is 23.5 Å². The highest BCUT2D eigenvalue weighted by molar-refractivity contribution is 7.99. The molecule has 2 aromatic carbocycles. The lowest BCUT2D eigenvalue weighted by molar-refractivity contribution is -0.113. The molecule has 1 amide bonds. The number of aromatic nitrogens is 3. The number of amides is 1. The van der Waals surface area contributed by atoms with Crippen LogP contribution in [-0.4, -0.2) is 26.4 Å². The third-order valence-corrected chi connectivity index (χ3v) is 5.08. The molecule has 0 saturated heterocycles. The van der Waals surface area contributed by atoms with Crippen molar-refractivity contribution in [2.24, 2.45) is 0 Å². The van der Waals surface area contributed by atoms with Gasteiger partial charge in [0.25, 0.3) is 0 Å². The van der Waals surface area contributed by atoms with E-state index in [1.54, 1.807) is 18.2 Å². The van der Waals surface area contributed by atoms with Gasteiger partial charge in [0.2, 0.25) is 5.91 Å². The molecule has 1 heterocycles. The summed E-state index contributed by atoms with van der Waals surface area (Å²) in [5.74, 6) is 0.182. The van der Waals surface area contributed by atoms with E-state index in [0.29, 0.717) is 16.5 Å². The number of carbonyl (C=O) groups excluding carboxylic acids is 1. The number of thioether (sulfide) groups is 1. The van der Waals surface area contributed by atoms with Crippen LogP contribution in [0.1, 0.15) is 31.0 Å². The van der Waals surface area contributed by atoms with Crippen LogP contribution in [0.2, 0.25) is 0 Å². The number of hydrogen-bond donors (Lipinski definition) is 1. The van der Waals surface area contributed by atoms with Gasteiger partial charge in [-0.25, -0.2) is 4.39 Å². The van der Waals surface area contributed by atoms with Gasteiger partial charge in [0.1, 0.15) is 5.82 Å². The van der Waals surface area contributed by atoms with Crippen molar-refractivity contribution in [3.05, 3.63) is 59.4 Å². The fraction of sp³-hybridized carbons (Fsp3) is 0.286. The molecule has 146 valence electrons. The Morgan fingerprint density at radius 2 is 1.82 bits per heavy atom. The van der Waals surface area contributed by atoms with Gasteiger partial charge in [-0.1, -0.05) is 30.0 Å². The molecule has 7 heteroatoms. The van der Waals surface area contributed by atoms with Crippen molar-refractivity contribution in [1.29, 1.82) is 0 Å². The van der Waals surface area contributed by atoms with Crippen molar-refractivity contribution in [2.75, 3.05) is 11.1 Å². The van der Waals surface area contributed by atoms with Crippen molar-refractivity contribution in [3.63, 3.8) is 0 Å². The van der Waals surface area contributed by atoms with E-state index in [1.165, 1.54) is 17.8 Å². The molecule has 3 rings (SSSR count). The van der Waals surface area contributed by atoms with Crippen molar-refractivity contribution < 1.29 is 9.18 Å². The largest absolute Gasteiger partial charge is 0.325 e. The first kappa shape index (κ1) is 20.1. The van der Waals surface area contributed by atoms with Crippen LogP contribution < -0.4 is 5.32 Å². The van der Waals surface area contributed by atoms with Crippen LogP contribution in [0.4, 0.5) is 10.1 Å². The molecule has 0 aliphatic heterocycles. The number of aryl methyl sites for hydroxylation is 2. The highest BCUT2D eigenvalue weighted by Crippen LogP contribution is 2.29. The fourth-order valence-electron chi connectivity index (χ4n) is 3.04. The van der Waals surface area contributed by atoms with Crippen molar-refractivity contribution in [1.82, 2.24) is 14.8 Å². The highest BCUT2D eigenvalue weighted by Gasteiger charge is 2.19. The summed E-state index contributed by atoms with van der Waals surface area (Å²) in [4.78, 5) is 12.4. The minimum Gasteiger partial charge on any atom is -0.325 e. The van der Waals surface area contributed by atoms with Gasteiger partial charge >= 0.3 is 0 Å². The van der Waals surface area contributed by atoms with Gasteiger partial charge in [0.05, 0.1) is 11.3 Å². The zero-order valence-electron chi connectivity index (χ0n) is 16.4. The lowest BCUT2D eigenvalue weighted by Gasteiger charge is -2.14. The summed E-state index contributed by atoms with van der Waals surface area (Å²) in [6.45, 7) is 7.94. The zero-order valence-corrected chi connectivity index (χ0v) is 17.2. The molecule has 0 aliphatic rings. The summed E-state index contributed by atoms with van der Waals surface area (Å²) in [6.07, 6.45) is 0. The maximum atomic E-state index is 14.2. The molecule has 28 heavy (non-hydrogen) atoms. The van der Waals surface area contributed by atoms with Crippen LogP contribution in [0.15, 0.2) is 47.6 Å². The first-order chi connectivity index (χ1) is 13.3. The predicted octanol–water partition coefficient (Wildman–Crippen LogP) is 5.01. The monoisotopic (exact) mass is 398 g/mol. The summed E-state index contributed by atoms with van der Waals surface area (Å²) in [5.41, 5.74) is 3.37. The molecule has 0 saturated carbocycles. The van der Waals surface area contributed by atoms with Crippen molar-refractivity contribution in [3.8, 4) is 11.4 Å². The number of hydrogen-bond acceptors (Lipinski definition) is 4. The minimum atomic E-state index is -0.346. The molecule has 1 N–H and O–H groups in total. The van der Waals surface area contributed by atoms with Gasteiger partial charge in [-0.05, 0) is 63.1 Å². The Kier molecular flexibility index (Phi) is 6.14. The molecular formula is C21H23FN4OS. The third-order valence-electron chi connectivity index (χ3n) is 4.13. The summed E-state index contributed by atoms with van der Waals surface area (Å²) in [5, 5.41) is 11.9. The van der Waals surface area contributed by atoms with Gasteiger partial charge in [-0.15, -0.1) is 10.2 Å². The van der Waals surface area contributed by atoms with Crippen LogP contribution in [0.5, 0.6) is 0 Å². The van der Waals surface area contributed by atoms with E-state index in [9.17, 15) is 9.18 Å². The molecule has 1 aromatic heterocycles. The summed E-state index contributed by atoms with van der Waals surface area (Å²) >= 11 is 1.29. The molecule has 0 bridgehead atoms. The molecule has 0 radical (unpaired) electrons. The Morgan fingerprint density at radius 1 is 1.14 bits per heavy atom. The standard InChI is InChI=1S/C21H23FN4OS/c1-13(2)26-20(17-7-5-6-8-18(17)22)24-25-21(26)28-12-19(27)23-16-10-14(3)9-15(4)11-16/h5-11,13H,12H2,1-4H3,(H,23,27). The quantitative estimate of drug-likeness (QED) is 0.593. The highest BCUT2D eigenvalue weighted by atomic mass is 32.2. The molecule has 5 nitrogen and oxygen atoms in total. The maximum absolute atomic E-state index is 14.2. The lowest BCUT2D eigenvalue weighted by atomic mass is 10.1. The summed E-state index contributed by atoms with van der Waals surface area (Å²) < 4.78 is 16.1. The van der Waals surface area contributed by atoms with Gasteiger partial charge in [-0.2, -0.15) is 0 Å². The summed E-state index contributed by atoms with van der Waals surface area (Å²) in [6, 6.07) is 12.4. The van der Waals surface area contributed by atoms with Gasteiger partial charge in [0.15, 0.2) is 11.0 Å². The molecule has 0 unspecified atom stereocenters. The fourth-order valence-corrected chi connectivity index (χ4v) is 3.91. The number of nitrogens with zero attached hydrogens (tertiary/aromatic N) is 3. The molecule has 3 aromatic rings. The SMILES string of the molecule is Cc1cc(C)cc(NC(=O)CSc2nnc(-c3ccccc3F)n2C(C)C)c1. The van der Waals surface area contributed by atoms with E-state index in [0.717, 1.165) is 16.8 Å². The molecule has 0 atom stereocenters. The molecule has 0 spiro atoms. The number of carbonyl (C=O) groups is 1. The van der Waals surface area contributed by atoms with E-state index in [4.69, 9.17) is 0 Å². The summed E-state index contributed by atoms with van der Waals surface area (Å²) in [7, 11) is 0. The third kappa shape index (κ3) is 4.59. The number of halogens is 1. The number of nitrogens with one attached hydrogen (secondary N) is 1. The Morgan fingerprint density at radius 3 is 2.46 bits per heavy atom. The van der Waals surface area contributed by atoms with E-state index < -0.39 is 0 Å². The average Bonchev–Trinajstić information content (AvgIpc) is 3.03. The Labute approximate surface area is 168 Å². The zero-order chi connectivity index (χ0) is 20.3. The van der Waals surface area contributed by atoms with Crippen molar-refractivity contribution >= 4 is 23.4 Å². The molecular weight excluding hydrogens is 375 g/mol. The number of benzene rings is 2. The second kappa shape index (κ2) is 8.56. The minimum absolute atomic E-state index is 0.0228. The second-order valence-corrected chi connectivity index (χ2v) is 7.91. The van der Waals surface area contributed by atoms with E-state index in [1.807, 2.05) is 44.4 Å². The lowest BCUT2D eigenvalue weighted by Crippen LogP contribution is -2.15. The topological polar surface area (TPSA) is 59.8 Å². The van der Waals surface area contributed by atoms with Gasteiger partial charge < -0.3 is 5.32 Å². The first-order valence-electron chi connectivity index (χ1n) is 9.06. The maximum Gasteiger partial charge on any atom is 0.234 e. The number of rotatable bonds is 6. The second-order valence-electron chi connectivity index (χ2n) is 6.96. The van der Waals surface area contributed by atoms with Crippen LogP contribution in [-0.2, 0) is 4.79 Å². The smallest absolute Gasteiger partial charge is 0.234 e. The van der Waals surface area contributed by atoms with Crippen molar-refractivity contribution in [2.45, 2.75) is 38.9 Å². The Balaban J connectivity index is 1.76. The number of anilines is 1. The first-order valence-corrected chi connectivity index (χ1v) is 10.0. The Hall–Kier alpha value is -2.67. The average molecular weight is 399 g/mol. The Bertz CT molecular complexity index is 980. The van der Waals surface area contributed by atoms with E-state index in [2.05, 4.69) is 21.6 Å².